The van der Waals surface area contributed by atoms with Crippen molar-refractivity contribution in [3.8, 4) is 0 Å². The molecule has 0 aromatic carbocycles. The molecule has 1 fully saturated rings. The molecule has 2 N–H and O–H groups in total. The Morgan fingerprint density at radius 1 is 1.32 bits per heavy atom. The zero-order valence-electron chi connectivity index (χ0n) is 12.8. The van der Waals surface area contributed by atoms with Gasteiger partial charge in [0.15, 0.2) is 0 Å². The minimum absolute atomic E-state index is 0.0248. The van der Waals surface area contributed by atoms with Crippen molar-refractivity contribution in [2.75, 3.05) is 5.32 Å². The monoisotopic (exact) mass is 313 g/mol. The molecule has 0 saturated heterocycles. The molecular formula is C15H21F2N3O2. The van der Waals surface area contributed by atoms with E-state index in [1.165, 1.54) is 4.57 Å². The molecular weight excluding hydrogens is 292 g/mol. The number of alkyl halides is 2. The molecule has 0 radical (unpaired) electrons. The average Bonchev–Trinajstić information content (AvgIpc) is 2.35. The molecule has 7 heteroatoms. The van der Waals surface area contributed by atoms with Gasteiger partial charge in [0.25, 0.3) is 5.56 Å². The predicted octanol–water partition coefficient (Wildman–Crippen LogP) is 2.28. The van der Waals surface area contributed by atoms with Crippen molar-refractivity contribution < 1.29 is 8.78 Å². The van der Waals surface area contributed by atoms with Gasteiger partial charge in [0, 0.05) is 24.9 Å². The molecule has 1 aromatic heterocycles. The highest BCUT2D eigenvalue weighted by Gasteiger charge is 2.45. The largest absolute Gasteiger partial charge is 0.368 e. The molecule has 1 saturated carbocycles. The molecule has 1 aromatic rings. The van der Waals surface area contributed by atoms with Crippen molar-refractivity contribution in [3.63, 3.8) is 0 Å². The van der Waals surface area contributed by atoms with Crippen molar-refractivity contribution >= 4 is 5.82 Å². The standard InChI is InChI=1S/C15H21F2N3O2/c1-8(2)20-13(21)11-4-3-10(18-12(11)19-14(20)22)5-9-6-15(16,17)7-9/h8-10,18H,3-7H2,1-2H3,(H,19,22)/t10-/m1/s1. The van der Waals surface area contributed by atoms with Gasteiger partial charge in [0.05, 0.1) is 5.56 Å². The van der Waals surface area contributed by atoms with Crippen molar-refractivity contribution in [1.82, 2.24) is 9.55 Å². The molecule has 1 aliphatic carbocycles. The van der Waals surface area contributed by atoms with Crippen LogP contribution < -0.4 is 16.6 Å². The summed E-state index contributed by atoms with van der Waals surface area (Å²) in [5.41, 5.74) is -0.0968. The highest BCUT2D eigenvalue weighted by molar-refractivity contribution is 5.46. The Balaban J connectivity index is 1.77. The van der Waals surface area contributed by atoms with Crippen LogP contribution in [0.2, 0.25) is 0 Å². The first kappa shape index (κ1) is 15.2. The van der Waals surface area contributed by atoms with Gasteiger partial charge in [-0.05, 0) is 39.0 Å². The van der Waals surface area contributed by atoms with Crippen LogP contribution in [0.4, 0.5) is 14.6 Å². The normalized spacial score (nSPS) is 23.8. The summed E-state index contributed by atoms with van der Waals surface area (Å²) in [5, 5.41) is 3.16. The van der Waals surface area contributed by atoms with Crippen LogP contribution in [-0.4, -0.2) is 21.5 Å². The van der Waals surface area contributed by atoms with E-state index in [0.29, 0.717) is 24.2 Å². The lowest BCUT2D eigenvalue weighted by Gasteiger charge is -2.38. The smallest absolute Gasteiger partial charge is 0.330 e. The van der Waals surface area contributed by atoms with E-state index in [1.54, 1.807) is 13.8 Å². The van der Waals surface area contributed by atoms with E-state index < -0.39 is 11.6 Å². The SMILES string of the molecule is CC(C)n1c(=O)[nH]c2c(c1=O)CC[C@H](CC1CC(F)(F)C1)N2. The fraction of sp³-hybridized carbons (Fsp3) is 0.733. The molecule has 0 amide bonds. The molecule has 2 aliphatic rings. The molecule has 22 heavy (non-hydrogen) atoms. The van der Waals surface area contributed by atoms with Gasteiger partial charge >= 0.3 is 5.69 Å². The lowest BCUT2D eigenvalue weighted by atomic mass is 9.76. The van der Waals surface area contributed by atoms with Crippen molar-refractivity contribution in [3.05, 3.63) is 26.4 Å². The van der Waals surface area contributed by atoms with Crippen molar-refractivity contribution in [2.24, 2.45) is 5.92 Å². The first-order valence-corrected chi connectivity index (χ1v) is 7.79. The van der Waals surface area contributed by atoms with Gasteiger partial charge < -0.3 is 5.32 Å². The summed E-state index contributed by atoms with van der Waals surface area (Å²) < 4.78 is 27.0. The second-order valence-corrected chi connectivity index (χ2v) is 6.80. The van der Waals surface area contributed by atoms with E-state index in [9.17, 15) is 18.4 Å². The fourth-order valence-corrected chi connectivity index (χ4v) is 3.54. The van der Waals surface area contributed by atoms with E-state index in [1.807, 2.05) is 0 Å². The van der Waals surface area contributed by atoms with E-state index in [0.717, 1.165) is 6.42 Å². The quantitative estimate of drug-likeness (QED) is 0.899. The number of hydrogen-bond donors (Lipinski definition) is 2. The van der Waals surface area contributed by atoms with Crippen LogP contribution in [0.3, 0.4) is 0 Å². The highest BCUT2D eigenvalue weighted by atomic mass is 19.3. The maximum atomic E-state index is 12.9. The topological polar surface area (TPSA) is 66.9 Å². The lowest BCUT2D eigenvalue weighted by Crippen LogP contribution is -2.44. The minimum atomic E-state index is -2.50. The third-order valence-electron chi connectivity index (χ3n) is 4.63. The molecule has 5 nitrogen and oxygen atoms in total. The number of rotatable bonds is 3. The third kappa shape index (κ3) is 2.68. The van der Waals surface area contributed by atoms with Crippen LogP contribution in [0.25, 0.3) is 0 Å². The number of halogens is 2. The molecule has 0 bridgehead atoms. The molecule has 122 valence electrons. The van der Waals surface area contributed by atoms with Gasteiger partial charge in [0.1, 0.15) is 5.82 Å². The van der Waals surface area contributed by atoms with Crippen LogP contribution in [0.5, 0.6) is 0 Å². The molecule has 2 heterocycles. The van der Waals surface area contributed by atoms with Gasteiger partial charge in [0.2, 0.25) is 5.92 Å². The Kier molecular flexibility index (Phi) is 3.61. The Bertz CT molecular complexity index is 685. The fourth-order valence-electron chi connectivity index (χ4n) is 3.54. The molecule has 0 unspecified atom stereocenters. The van der Waals surface area contributed by atoms with Crippen LogP contribution in [0, 0.1) is 5.92 Å². The maximum Gasteiger partial charge on any atom is 0.330 e. The van der Waals surface area contributed by atoms with Gasteiger partial charge in [-0.1, -0.05) is 0 Å². The summed E-state index contributed by atoms with van der Waals surface area (Å²) in [7, 11) is 0. The van der Waals surface area contributed by atoms with Crippen LogP contribution in [-0.2, 0) is 6.42 Å². The van der Waals surface area contributed by atoms with Gasteiger partial charge in [-0.25, -0.2) is 13.6 Å². The number of hydrogen-bond acceptors (Lipinski definition) is 3. The summed E-state index contributed by atoms with van der Waals surface area (Å²) >= 11 is 0. The van der Waals surface area contributed by atoms with Crippen molar-refractivity contribution in [1.29, 1.82) is 0 Å². The Morgan fingerprint density at radius 3 is 2.59 bits per heavy atom. The molecule has 0 spiro atoms. The van der Waals surface area contributed by atoms with Gasteiger partial charge in [-0.3, -0.25) is 14.3 Å². The van der Waals surface area contributed by atoms with Crippen LogP contribution >= 0.6 is 0 Å². The number of fused-ring (bicyclic) bond motifs is 1. The first-order valence-electron chi connectivity index (χ1n) is 7.79. The first-order chi connectivity index (χ1) is 10.3. The number of anilines is 1. The maximum absolute atomic E-state index is 12.9. The number of aromatic nitrogens is 2. The molecule has 1 aliphatic heterocycles. The van der Waals surface area contributed by atoms with Crippen LogP contribution in [0.15, 0.2) is 9.59 Å². The van der Waals surface area contributed by atoms with E-state index in [2.05, 4.69) is 10.3 Å². The Morgan fingerprint density at radius 2 is 2.00 bits per heavy atom. The summed E-state index contributed by atoms with van der Waals surface area (Å²) in [4.78, 5) is 27.1. The van der Waals surface area contributed by atoms with Gasteiger partial charge in [-0.15, -0.1) is 0 Å². The lowest BCUT2D eigenvalue weighted by molar-refractivity contribution is -0.113. The summed E-state index contributed by atoms with van der Waals surface area (Å²) in [6, 6.07) is -0.157. The second-order valence-electron chi connectivity index (χ2n) is 6.80. The predicted molar refractivity (Wildman–Crippen MR) is 79.7 cm³/mol. The third-order valence-corrected chi connectivity index (χ3v) is 4.63. The Hall–Kier alpha value is -1.66. The van der Waals surface area contributed by atoms with Crippen LogP contribution in [0.1, 0.15) is 51.1 Å². The zero-order chi connectivity index (χ0) is 16.1. The minimum Gasteiger partial charge on any atom is -0.368 e. The van der Waals surface area contributed by atoms with Crippen molar-refractivity contribution in [2.45, 2.75) is 64.0 Å². The summed E-state index contributed by atoms with van der Waals surface area (Å²) in [5.74, 6) is -2.01. The zero-order valence-corrected chi connectivity index (χ0v) is 12.8. The average molecular weight is 313 g/mol. The van der Waals surface area contributed by atoms with Gasteiger partial charge in [-0.2, -0.15) is 0 Å². The molecule has 1 atom stereocenters. The second kappa shape index (κ2) is 5.21. The number of nitrogens with zero attached hydrogens (tertiary/aromatic N) is 1. The number of H-pyrrole nitrogens is 1. The number of nitrogens with one attached hydrogen (secondary N) is 2. The molecule has 3 rings (SSSR count). The van der Waals surface area contributed by atoms with E-state index >= 15 is 0 Å². The summed E-state index contributed by atoms with van der Waals surface area (Å²) in [6.45, 7) is 3.58. The Labute approximate surface area is 126 Å². The van der Waals surface area contributed by atoms with E-state index in [4.69, 9.17) is 0 Å². The van der Waals surface area contributed by atoms with E-state index in [-0.39, 0.29) is 36.4 Å². The summed E-state index contributed by atoms with van der Waals surface area (Å²) in [6.07, 6.45) is 1.85. The number of aromatic amines is 1. The highest BCUT2D eigenvalue weighted by Crippen LogP contribution is 2.45.